The fourth-order valence-corrected chi connectivity index (χ4v) is 4.38. The van der Waals surface area contributed by atoms with Gasteiger partial charge in [0.15, 0.2) is 0 Å². The number of aliphatic hydroxyl groups excluding tert-OH is 3. The highest BCUT2D eigenvalue weighted by Gasteiger charge is 2.38. The first-order valence-corrected chi connectivity index (χ1v) is 10.2. The Labute approximate surface area is 171 Å². The van der Waals surface area contributed by atoms with Gasteiger partial charge in [0.2, 0.25) is 0 Å². The number of benzene rings is 2. The van der Waals surface area contributed by atoms with E-state index in [2.05, 4.69) is 42.6 Å². The molecule has 2 heterocycles. The van der Waals surface area contributed by atoms with Crippen LogP contribution in [0.15, 0.2) is 30.3 Å². The van der Waals surface area contributed by atoms with E-state index in [1.807, 2.05) is 7.05 Å². The minimum absolute atomic E-state index is 0.295. The average molecular weight is 399 g/mol. The SMILES string of the molecule is CNc1ccc(Cc2cc(C3CC(O)[C@H](O)C(CO)O3)c3c(c2C)OCC3)cc1. The maximum Gasteiger partial charge on any atom is 0.126 e. The average Bonchev–Trinajstić information content (AvgIpc) is 3.23. The zero-order valence-corrected chi connectivity index (χ0v) is 16.9. The third-order valence-electron chi connectivity index (χ3n) is 6.11. The monoisotopic (exact) mass is 399 g/mol. The number of hydrogen-bond acceptors (Lipinski definition) is 6. The third-order valence-corrected chi connectivity index (χ3v) is 6.11. The zero-order chi connectivity index (χ0) is 20.5. The van der Waals surface area contributed by atoms with Gasteiger partial charge in [-0.05, 0) is 47.7 Å². The van der Waals surface area contributed by atoms with Gasteiger partial charge in [-0.15, -0.1) is 0 Å². The number of rotatable bonds is 5. The van der Waals surface area contributed by atoms with Crippen LogP contribution in [-0.2, 0) is 17.6 Å². The molecule has 1 saturated heterocycles. The normalized spacial score (nSPS) is 26.1. The van der Waals surface area contributed by atoms with Gasteiger partial charge >= 0.3 is 0 Å². The molecular formula is C23H29NO5. The molecule has 0 saturated carbocycles. The van der Waals surface area contributed by atoms with Crippen molar-refractivity contribution in [3.8, 4) is 5.75 Å². The number of anilines is 1. The molecule has 2 aromatic rings. The molecule has 29 heavy (non-hydrogen) atoms. The molecule has 0 aliphatic carbocycles. The molecule has 3 unspecified atom stereocenters. The van der Waals surface area contributed by atoms with E-state index in [0.29, 0.717) is 13.0 Å². The van der Waals surface area contributed by atoms with Crippen molar-refractivity contribution in [2.45, 2.75) is 50.6 Å². The van der Waals surface area contributed by atoms with Gasteiger partial charge < -0.3 is 30.1 Å². The van der Waals surface area contributed by atoms with Gasteiger partial charge in [-0.1, -0.05) is 18.2 Å². The van der Waals surface area contributed by atoms with E-state index in [9.17, 15) is 15.3 Å². The number of aliphatic hydroxyl groups is 3. The standard InChI is InChI=1S/C23H29NO5/c1-13-15(9-14-3-5-16(24-2)6-4-14)10-18(17-7-8-28-23(13)17)20-11-19(26)22(27)21(12-25)29-20/h3-6,10,19-22,24-27H,7-9,11-12H2,1-2H3/t19?,20?,21?,22-/m0/s1. The van der Waals surface area contributed by atoms with Crippen molar-refractivity contribution >= 4 is 5.69 Å². The molecule has 4 rings (SSSR count). The van der Waals surface area contributed by atoms with Gasteiger partial charge in [0.25, 0.3) is 0 Å². The molecule has 4 N–H and O–H groups in total. The summed E-state index contributed by atoms with van der Waals surface area (Å²) in [5.41, 5.74) is 6.67. The van der Waals surface area contributed by atoms with Gasteiger partial charge in [-0.25, -0.2) is 0 Å². The zero-order valence-electron chi connectivity index (χ0n) is 16.9. The van der Waals surface area contributed by atoms with Crippen LogP contribution in [0.5, 0.6) is 5.75 Å². The molecular weight excluding hydrogens is 370 g/mol. The number of nitrogens with one attached hydrogen (secondary N) is 1. The smallest absolute Gasteiger partial charge is 0.126 e. The van der Waals surface area contributed by atoms with Crippen molar-refractivity contribution < 1.29 is 24.8 Å². The molecule has 1 fully saturated rings. The number of hydrogen-bond donors (Lipinski definition) is 4. The van der Waals surface area contributed by atoms with E-state index in [0.717, 1.165) is 46.5 Å². The van der Waals surface area contributed by atoms with Gasteiger partial charge in [0, 0.05) is 31.1 Å². The summed E-state index contributed by atoms with van der Waals surface area (Å²) in [6.07, 6.45) is -1.32. The summed E-state index contributed by atoms with van der Waals surface area (Å²) in [7, 11) is 1.90. The quantitative estimate of drug-likeness (QED) is 0.616. The second kappa shape index (κ2) is 8.32. The van der Waals surface area contributed by atoms with E-state index < -0.39 is 18.3 Å². The lowest BCUT2D eigenvalue weighted by Crippen LogP contribution is -2.47. The summed E-state index contributed by atoms with van der Waals surface area (Å²) < 4.78 is 11.9. The van der Waals surface area contributed by atoms with Crippen LogP contribution < -0.4 is 10.1 Å². The minimum atomic E-state index is -1.07. The fraction of sp³-hybridized carbons (Fsp3) is 0.478. The summed E-state index contributed by atoms with van der Waals surface area (Å²) in [6.45, 7) is 2.39. The molecule has 0 amide bonds. The second-order valence-corrected chi connectivity index (χ2v) is 7.92. The van der Waals surface area contributed by atoms with Gasteiger partial charge in [0.1, 0.15) is 18.0 Å². The Morgan fingerprint density at radius 2 is 1.93 bits per heavy atom. The van der Waals surface area contributed by atoms with Gasteiger partial charge in [0.05, 0.1) is 25.4 Å². The predicted molar refractivity (Wildman–Crippen MR) is 111 cm³/mol. The Morgan fingerprint density at radius 3 is 2.62 bits per heavy atom. The van der Waals surface area contributed by atoms with Crippen LogP contribution in [0.25, 0.3) is 0 Å². The largest absolute Gasteiger partial charge is 0.493 e. The molecule has 0 bridgehead atoms. The van der Waals surface area contributed by atoms with Crippen molar-refractivity contribution in [1.82, 2.24) is 0 Å². The Morgan fingerprint density at radius 1 is 1.17 bits per heavy atom. The van der Waals surface area contributed by atoms with E-state index in [4.69, 9.17) is 9.47 Å². The maximum atomic E-state index is 10.3. The van der Waals surface area contributed by atoms with E-state index in [1.165, 1.54) is 5.56 Å². The summed E-state index contributed by atoms with van der Waals surface area (Å²) >= 11 is 0. The van der Waals surface area contributed by atoms with Crippen LogP contribution in [0.3, 0.4) is 0 Å². The molecule has 0 spiro atoms. The summed E-state index contributed by atoms with van der Waals surface area (Å²) in [4.78, 5) is 0. The van der Waals surface area contributed by atoms with Crippen LogP contribution in [0, 0.1) is 6.92 Å². The van der Waals surface area contributed by atoms with Crippen LogP contribution >= 0.6 is 0 Å². The minimum Gasteiger partial charge on any atom is -0.493 e. The predicted octanol–water partition coefficient (Wildman–Crippen LogP) is 2.11. The Balaban J connectivity index is 1.69. The van der Waals surface area contributed by atoms with Crippen LogP contribution in [0.2, 0.25) is 0 Å². The van der Waals surface area contributed by atoms with E-state index in [-0.39, 0.29) is 12.7 Å². The Kier molecular flexibility index (Phi) is 5.79. The first kappa shape index (κ1) is 20.2. The first-order chi connectivity index (χ1) is 14.0. The summed E-state index contributed by atoms with van der Waals surface area (Å²) in [5.74, 6) is 0.911. The first-order valence-electron chi connectivity index (χ1n) is 10.2. The van der Waals surface area contributed by atoms with E-state index in [1.54, 1.807) is 0 Å². The summed E-state index contributed by atoms with van der Waals surface area (Å²) in [6, 6.07) is 10.5. The van der Waals surface area contributed by atoms with Crippen molar-refractivity contribution in [1.29, 1.82) is 0 Å². The Hall–Kier alpha value is -2.12. The van der Waals surface area contributed by atoms with Crippen molar-refractivity contribution in [3.05, 3.63) is 58.1 Å². The molecule has 6 nitrogen and oxygen atoms in total. The highest BCUT2D eigenvalue weighted by molar-refractivity contribution is 5.54. The second-order valence-electron chi connectivity index (χ2n) is 7.92. The fourth-order valence-electron chi connectivity index (χ4n) is 4.38. The van der Waals surface area contributed by atoms with Crippen LogP contribution in [-0.4, -0.2) is 53.9 Å². The lowest BCUT2D eigenvalue weighted by Gasteiger charge is -2.37. The number of fused-ring (bicyclic) bond motifs is 1. The Bertz CT molecular complexity index is 867. The maximum absolute atomic E-state index is 10.3. The third kappa shape index (κ3) is 3.85. The highest BCUT2D eigenvalue weighted by atomic mass is 16.5. The molecule has 2 aliphatic heterocycles. The van der Waals surface area contributed by atoms with Crippen LogP contribution in [0.1, 0.15) is 40.3 Å². The van der Waals surface area contributed by atoms with E-state index >= 15 is 0 Å². The van der Waals surface area contributed by atoms with Crippen molar-refractivity contribution in [2.24, 2.45) is 0 Å². The molecule has 0 radical (unpaired) electrons. The molecule has 2 aromatic carbocycles. The van der Waals surface area contributed by atoms with Gasteiger partial charge in [-0.2, -0.15) is 0 Å². The lowest BCUT2D eigenvalue weighted by molar-refractivity contribution is -0.181. The topological polar surface area (TPSA) is 91.2 Å². The molecule has 4 atom stereocenters. The molecule has 2 aliphatic rings. The molecule has 0 aromatic heterocycles. The lowest BCUT2D eigenvalue weighted by atomic mass is 9.87. The highest BCUT2D eigenvalue weighted by Crippen LogP contribution is 2.42. The van der Waals surface area contributed by atoms with Crippen molar-refractivity contribution in [3.63, 3.8) is 0 Å². The molecule has 6 heteroatoms. The summed E-state index contributed by atoms with van der Waals surface area (Å²) in [5, 5.41) is 33.0. The van der Waals surface area contributed by atoms with Crippen LogP contribution in [0.4, 0.5) is 5.69 Å². The molecule has 156 valence electrons. The number of ether oxygens (including phenoxy) is 2. The van der Waals surface area contributed by atoms with Gasteiger partial charge in [-0.3, -0.25) is 0 Å². The van der Waals surface area contributed by atoms with Crippen molar-refractivity contribution in [2.75, 3.05) is 25.6 Å².